The number of rotatable bonds is 3. The third-order valence-corrected chi connectivity index (χ3v) is 4.19. The number of nitrogens with zero attached hydrogens (tertiary/aromatic N) is 2. The van der Waals surface area contributed by atoms with Crippen molar-refractivity contribution < 1.29 is 0 Å². The highest BCUT2D eigenvalue weighted by molar-refractivity contribution is 5.46. The number of hydrogen-bond donors (Lipinski definition) is 0. The first-order valence-corrected chi connectivity index (χ1v) is 6.78. The Balaban J connectivity index is 3.62. The van der Waals surface area contributed by atoms with Crippen molar-refractivity contribution in [2.24, 2.45) is 5.41 Å². The van der Waals surface area contributed by atoms with E-state index >= 15 is 0 Å². The monoisotopic (exact) mass is 258 g/mol. The van der Waals surface area contributed by atoms with E-state index in [4.69, 9.17) is 0 Å². The summed E-state index contributed by atoms with van der Waals surface area (Å²) in [5.74, 6) is 0. The van der Waals surface area contributed by atoms with Crippen LogP contribution in [0.3, 0.4) is 0 Å². The SMILES string of the molecule is Cc1cc(C)c(C)c(C(N(C)C)C(C)(C)C#N)c1C. The highest BCUT2D eigenvalue weighted by Crippen LogP contribution is 2.40. The van der Waals surface area contributed by atoms with Gasteiger partial charge in [-0.05, 0) is 83.5 Å². The standard InChI is InChI=1S/C17H26N2/c1-11-9-12(2)14(4)15(13(11)3)16(19(7)8)17(5,6)10-18/h9,16H,1-8H3. The highest BCUT2D eigenvalue weighted by atomic mass is 15.1. The molecule has 19 heavy (non-hydrogen) atoms. The van der Waals surface area contributed by atoms with E-state index in [0.717, 1.165) is 0 Å². The maximum atomic E-state index is 9.52. The van der Waals surface area contributed by atoms with Gasteiger partial charge in [0.2, 0.25) is 0 Å². The molecule has 0 fully saturated rings. The van der Waals surface area contributed by atoms with Crippen molar-refractivity contribution in [3.05, 3.63) is 33.9 Å². The Labute approximate surface area is 118 Å². The fraction of sp³-hybridized carbons (Fsp3) is 0.588. The Morgan fingerprint density at radius 2 is 1.47 bits per heavy atom. The van der Waals surface area contributed by atoms with Crippen molar-refractivity contribution in [1.82, 2.24) is 4.90 Å². The topological polar surface area (TPSA) is 27.0 Å². The maximum absolute atomic E-state index is 9.52. The average Bonchev–Trinajstić information content (AvgIpc) is 2.31. The second-order valence-corrected chi connectivity index (χ2v) is 6.37. The summed E-state index contributed by atoms with van der Waals surface area (Å²) < 4.78 is 0. The molecule has 0 radical (unpaired) electrons. The van der Waals surface area contributed by atoms with E-state index < -0.39 is 5.41 Å². The molecule has 2 nitrogen and oxygen atoms in total. The lowest BCUT2D eigenvalue weighted by Gasteiger charge is -2.37. The molecule has 0 aromatic heterocycles. The van der Waals surface area contributed by atoms with E-state index in [1.165, 1.54) is 27.8 Å². The molecule has 1 atom stereocenters. The van der Waals surface area contributed by atoms with E-state index in [-0.39, 0.29) is 6.04 Å². The van der Waals surface area contributed by atoms with Gasteiger partial charge in [-0.3, -0.25) is 0 Å². The number of aryl methyl sites for hydroxylation is 2. The summed E-state index contributed by atoms with van der Waals surface area (Å²) in [5, 5.41) is 9.52. The van der Waals surface area contributed by atoms with Crippen LogP contribution in [0.4, 0.5) is 0 Å². The van der Waals surface area contributed by atoms with Gasteiger partial charge >= 0.3 is 0 Å². The molecule has 0 spiro atoms. The summed E-state index contributed by atoms with van der Waals surface area (Å²) in [6.45, 7) is 12.7. The molecule has 0 aliphatic heterocycles. The van der Waals surface area contributed by atoms with Gasteiger partial charge in [-0.15, -0.1) is 0 Å². The molecule has 0 amide bonds. The molecule has 0 saturated heterocycles. The Hall–Kier alpha value is -1.33. The predicted octanol–water partition coefficient (Wildman–Crippen LogP) is 4.07. The van der Waals surface area contributed by atoms with Gasteiger partial charge in [0.1, 0.15) is 0 Å². The van der Waals surface area contributed by atoms with Crippen molar-refractivity contribution in [2.75, 3.05) is 14.1 Å². The Morgan fingerprint density at radius 3 is 1.79 bits per heavy atom. The lowest BCUT2D eigenvalue weighted by molar-refractivity contribution is 0.183. The zero-order valence-electron chi connectivity index (χ0n) is 13.5. The summed E-state index contributed by atoms with van der Waals surface area (Å²) in [6, 6.07) is 4.82. The summed E-state index contributed by atoms with van der Waals surface area (Å²) in [6.07, 6.45) is 0. The average molecular weight is 258 g/mol. The second kappa shape index (κ2) is 5.35. The van der Waals surface area contributed by atoms with Crippen LogP contribution in [-0.2, 0) is 0 Å². The molecular weight excluding hydrogens is 232 g/mol. The largest absolute Gasteiger partial charge is 0.301 e. The lowest BCUT2D eigenvalue weighted by Crippen LogP contribution is -2.34. The van der Waals surface area contributed by atoms with Crippen molar-refractivity contribution in [1.29, 1.82) is 5.26 Å². The molecule has 1 unspecified atom stereocenters. The smallest absolute Gasteiger partial charge is 0.0714 e. The summed E-state index contributed by atoms with van der Waals surface area (Å²) in [7, 11) is 4.11. The molecule has 1 aromatic carbocycles. The maximum Gasteiger partial charge on any atom is 0.0714 e. The fourth-order valence-electron chi connectivity index (χ4n) is 2.98. The van der Waals surface area contributed by atoms with Crippen molar-refractivity contribution in [3.8, 4) is 6.07 Å². The summed E-state index contributed by atoms with van der Waals surface area (Å²) in [4.78, 5) is 2.16. The molecule has 104 valence electrons. The van der Waals surface area contributed by atoms with Gasteiger partial charge in [0, 0.05) is 0 Å². The molecule has 0 aliphatic rings. The van der Waals surface area contributed by atoms with Crippen molar-refractivity contribution in [3.63, 3.8) is 0 Å². The Bertz CT molecular complexity index is 493. The summed E-state index contributed by atoms with van der Waals surface area (Å²) >= 11 is 0. The molecular formula is C17H26N2. The number of hydrogen-bond acceptors (Lipinski definition) is 2. The first-order chi connectivity index (χ1) is 8.63. The number of benzene rings is 1. The minimum atomic E-state index is -0.417. The van der Waals surface area contributed by atoms with Crippen LogP contribution in [0.5, 0.6) is 0 Å². The van der Waals surface area contributed by atoms with E-state index in [1.807, 2.05) is 13.8 Å². The van der Waals surface area contributed by atoms with Gasteiger partial charge in [-0.2, -0.15) is 5.26 Å². The highest BCUT2D eigenvalue weighted by Gasteiger charge is 2.35. The zero-order chi connectivity index (χ0) is 15.0. The van der Waals surface area contributed by atoms with Crippen LogP contribution < -0.4 is 0 Å². The van der Waals surface area contributed by atoms with Crippen LogP contribution in [0.2, 0.25) is 0 Å². The van der Waals surface area contributed by atoms with E-state index in [9.17, 15) is 5.26 Å². The van der Waals surface area contributed by atoms with Crippen LogP contribution >= 0.6 is 0 Å². The molecule has 1 rings (SSSR count). The molecule has 0 aliphatic carbocycles. The quantitative estimate of drug-likeness (QED) is 0.817. The van der Waals surface area contributed by atoms with Crippen LogP contribution in [0.1, 0.15) is 47.7 Å². The Kier molecular flexibility index (Phi) is 4.43. The van der Waals surface area contributed by atoms with Gasteiger partial charge in [0.25, 0.3) is 0 Å². The van der Waals surface area contributed by atoms with E-state index in [1.54, 1.807) is 0 Å². The second-order valence-electron chi connectivity index (χ2n) is 6.37. The van der Waals surface area contributed by atoms with Gasteiger partial charge in [0.15, 0.2) is 0 Å². The van der Waals surface area contributed by atoms with Gasteiger partial charge in [-0.25, -0.2) is 0 Å². The molecule has 0 N–H and O–H groups in total. The van der Waals surface area contributed by atoms with Gasteiger partial charge in [-0.1, -0.05) is 6.07 Å². The minimum absolute atomic E-state index is 0.107. The Morgan fingerprint density at radius 1 is 1.05 bits per heavy atom. The first kappa shape index (κ1) is 15.7. The fourth-order valence-corrected chi connectivity index (χ4v) is 2.98. The van der Waals surface area contributed by atoms with Crippen LogP contribution in [-0.4, -0.2) is 19.0 Å². The molecule has 0 saturated carbocycles. The van der Waals surface area contributed by atoms with Crippen LogP contribution in [0.15, 0.2) is 6.07 Å². The third kappa shape index (κ3) is 2.82. The van der Waals surface area contributed by atoms with E-state index in [0.29, 0.717) is 0 Å². The van der Waals surface area contributed by atoms with Crippen molar-refractivity contribution >= 4 is 0 Å². The molecule has 0 heterocycles. The normalized spacial score (nSPS) is 13.5. The van der Waals surface area contributed by atoms with Crippen LogP contribution in [0.25, 0.3) is 0 Å². The van der Waals surface area contributed by atoms with Crippen LogP contribution in [0, 0.1) is 44.4 Å². The van der Waals surface area contributed by atoms with Gasteiger partial charge in [0.05, 0.1) is 17.5 Å². The third-order valence-electron chi connectivity index (χ3n) is 4.19. The first-order valence-electron chi connectivity index (χ1n) is 6.78. The summed E-state index contributed by atoms with van der Waals surface area (Å²) in [5.41, 5.74) is 6.13. The molecule has 1 aromatic rings. The van der Waals surface area contributed by atoms with Gasteiger partial charge < -0.3 is 4.90 Å². The molecule has 2 heteroatoms. The molecule has 0 bridgehead atoms. The van der Waals surface area contributed by atoms with E-state index in [2.05, 4.69) is 58.8 Å². The van der Waals surface area contributed by atoms with Crippen molar-refractivity contribution in [2.45, 2.75) is 47.6 Å². The number of nitriles is 1. The lowest BCUT2D eigenvalue weighted by atomic mass is 9.76. The zero-order valence-corrected chi connectivity index (χ0v) is 13.5. The minimum Gasteiger partial charge on any atom is -0.301 e. The predicted molar refractivity (Wildman–Crippen MR) is 81.2 cm³/mol.